The number of anilines is 1. The predicted octanol–water partition coefficient (Wildman–Crippen LogP) is 2.73. The Kier molecular flexibility index (Phi) is 4.55. The van der Waals surface area contributed by atoms with Gasteiger partial charge in [-0.3, -0.25) is 4.79 Å². The molecule has 1 aromatic heterocycles. The van der Waals surface area contributed by atoms with Gasteiger partial charge in [0.2, 0.25) is 0 Å². The highest BCUT2D eigenvalue weighted by molar-refractivity contribution is 7.25. The van der Waals surface area contributed by atoms with E-state index in [0.29, 0.717) is 0 Å². The summed E-state index contributed by atoms with van der Waals surface area (Å²) >= 11 is 1.68. The SMILES string of the molecule is COC(=O)C1=C(Nc2ccc3c(c2)sc2ccccc23)C(=O)N(CCO)C1. The Morgan fingerprint density at radius 3 is 2.78 bits per heavy atom. The number of carbonyl (C=O) groups excluding carboxylic acids is 2. The van der Waals surface area contributed by atoms with Gasteiger partial charge in [0.15, 0.2) is 0 Å². The molecule has 1 amide bonds. The molecule has 2 heterocycles. The molecular formula is C20H18N2O4S. The molecule has 0 unspecified atom stereocenters. The van der Waals surface area contributed by atoms with Gasteiger partial charge >= 0.3 is 5.97 Å². The summed E-state index contributed by atoms with van der Waals surface area (Å²) in [4.78, 5) is 26.1. The third kappa shape index (κ3) is 3.05. The molecule has 1 aliphatic heterocycles. The van der Waals surface area contributed by atoms with Gasteiger partial charge in [-0.2, -0.15) is 0 Å². The number of amides is 1. The number of esters is 1. The second-order valence-electron chi connectivity index (χ2n) is 6.23. The molecule has 0 aliphatic carbocycles. The van der Waals surface area contributed by atoms with Crippen LogP contribution in [0.2, 0.25) is 0 Å². The highest BCUT2D eigenvalue weighted by atomic mass is 32.1. The van der Waals surface area contributed by atoms with Gasteiger partial charge in [0.1, 0.15) is 5.70 Å². The lowest BCUT2D eigenvalue weighted by Gasteiger charge is -2.15. The van der Waals surface area contributed by atoms with E-state index in [1.807, 2.05) is 30.3 Å². The van der Waals surface area contributed by atoms with E-state index in [1.165, 1.54) is 22.1 Å². The van der Waals surface area contributed by atoms with E-state index in [1.54, 1.807) is 11.3 Å². The van der Waals surface area contributed by atoms with Gasteiger partial charge in [0.25, 0.3) is 5.91 Å². The number of thiophene rings is 1. The van der Waals surface area contributed by atoms with E-state index in [2.05, 4.69) is 17.4 Å². The fourth-order valence-corrected chi connectivity index (χ4v) is 4.44. The van der Waals surface area contributed by atoms with Crippen molar-refractivity contribution in [2.24, 2.45) is 0 Å². The largest absolute Gasteiger partial charge is 0.466 e. The van der Waals surface area contributed by atoms with Gasteiger partial charge in [-0.05, 0) is 18.2 Å². The van der Waals surface area contributed by atoms with Crippen LogP contribution in [0.3, 0.4) is 0 Å². The molecule has 0 fully saturated rings. The van der Waals surface area contributed by atoms with E-state index in [-0.39, 0.29) is 36.9 Å². The first-order valence-corrected chi connectivity index (χ1v) is 9.34. The van der Waals surface area contributed by atoms with E-state index >= 15 is 0 Å². The summed E-state index contributed by atoms with van der Waals surface area (Å²) in [5.74, 6) is -0.866. The normalized spacial score (nSPS) is 14.4. The van der Waals surface area contributed by atoms with Gasteiger partial charge in [-0.25, -0.2) is 4.79 Å². The van der Waals surface area contributed by atoms with Gasteiger partial charge in [0.05, 0.1) is 25.8 Å². The minimum Gasteiger partial charge on any atom is -0.466 e. The van der Waals surface area contributed by atoms with E-state index in [0.717, 1.165) is 15.8 Å². The Labute approximate surface area is 159 Å². The molecule has 2 N–H and O–H groups in total. The van der Waals surface area contributed by atoms with E-state index < -0.39 is 5.97 Å². The van der Waals surface area contributed by atoms with Crippen LogP contribution in [0, 0.1) is 0 Å². The highest BCUT2D eigenvalue weighted by Gasteiger charge is 2.34. The Morgan fingerprint density at radius 1 is 1.22 bits per heavy atom. The zero-order chi connectivity index (χ0) is 19.0. The number of fused-ring (bicyclic) bond motifs is 3. The summed E-state index contributed by atoms with van der Waals surface area (Å²) in [7, 11) is 1.29. The fourth-order valence-electron chi connectivity index (χ4n) is 3.30. The maximum absolute atomic E-state index is 12.6. The minimum absolute atomic E-state index is 0.125. The number of methoxy groups -OCH3 is 1. The summed E-state index contributed by atoms with van der Waals surface area (Å²) in [5.41, 5.74) is 1.20. The van der Waals surface area contributed by atoms with Crippen LogP contribution in [0.15, 0.2) is 53.7 Å². The molecule has 0 saturated carbocycles. The van der Waals surface area contributed by atoms with Crippen LogP contribution >= 0.6 is 11.3 Å². The topological polar surface area (TPSA) is 78.9 Å². The summed E-state index contributed by atoms with van der Waals surface area (Å²) in [6.07, 6.45) is 0. The fraction of sp³-hybridized carbons (Fsp3) is 0.200. The van der Waals surface area contributed by atoms with Crippen LogP contribution in [-0.2, 0) is 14.3 Å². The maximum Gasteiger partial charge on any atom is 0.337 e. The second kappa shape index (κ2) is 7.02. The number of nitrogens with zero attached hydrogens (tertiary/aromatic N) is 1. The molecule has 0 atom stereocenters. The molecule has 1 aliphatic rings. The van der Waals surface area contributed by atoms with Gasteiger partial charge < -0.3 is 20.1 Å². The summed E-state index contributed by atoms with van der Waals surface area (Å²) in [6, 6.07) is 14.1. The average molecular weight is 382 g/mol. The predicted molar refractivity (Wildman–Crippen MR) is 106 cm³/mol. The number of carbonyl (C=O) groups is 2. The lowest BCUT2D eigenvalue weighted by molar-refractivity contribution is -0.136. The van der Waals surface area contributed by atoms with Gasteiger partial charge in [0, 0.05) is 32.4 Å². The van der Waals surface area contributed by atoms with Crippen molar-refractivity contribution in [2.45, 2.75) is 0 Å². The molecule has 3 aromatic rings. The van der Waals surface area contributed by atoms with Crippen molar-refractivity contribution in [3.63, 3.8) is 0 Å². The Balaban J connectivity index is 1.71. The maximum atomic E-state index is 12.6. The number of hydrogen-bond acceptors (Lipinski definition) is 6. The smallest absolute Gasteiger partial charge is 0.337 e. The molecule has 0 saturated heterocycles. The quantitative estimate of drug-likeness (QED) is 0.664. The number of benzene rings is 2. The number of aliphatic hydroxyl groups excluding tert-OH is 1. The number of ether oxygens (including phenoxy) is 1. The molecule has 0 spiro atoms. The van der Waals surface area contributed by atoms with Crippen molar-refractivity contribution in [1.29, 1.82) is 0 Å². The molecule has 0 radical (unpaired) electrons. The Hall–Kier alpha value is -2.90. The molecule has 0 bridgehead atoms. The third-order valence-corrected chi connectivity index (χ3v) is 5.74. The van der Waals surface area contributed by atoms with Crippen molar-refractivity contribution in [1.82, 2.24) is 4.90 Å². The lowest BCUT2D eigenvalue weighted by atomic mass is 10.1. The summed E-state index contributed by atoms with van der Waals surface area (Å²) in [5, 5.41) is 14.6. The molecule has 7 heteroatoms. The molecule has 2 aromatic carbocycles. The number of hydrogen-bond donors (Lipinski definition) is 2. The monoisotopic (exact) mass is 382 g/mol. The first-order chi connectivity index (χ1) is 13.1. The van der Waals surface area contributed by atoms with Crippen molar-refractivity contribution in [3.8, 4) is 0 Å². The van der Waals surface area contributed by atoms with Crippen molar-refractivity contribution < 1.29 is 19.4 Å². The number of nitrogens with one attached hydrogen (secondary N) is 1. The number of β-amino-alcohol motifs (C(OH)–C–C–N with tert-alkyl or cyclic N) is 1. The standard InChI is InChI=1S/C20H18N2O4S/c1-26-20(25)15-11-22(8-9-23)19(24)18(15)21-12-6-7-14-13-4-2-3-5-16(13)27-17(14)10-12/h2-7,10,21,23H,8-9,11H2,1H3. The first-order valence-electron chi connectivity index (χ1n) is 8.52. The summed E-state index contributed by atoms with van der Waals surface area (Å²) in [6.45, 7) is 0.126. The summed E-state index contributed by atoms with van der Waals surface area (Å²) < 4.78 is 7.11. The average Bonchev–Trinajstić information content (AvgIpc) is 3.20. The van der Waals surface area contributed by atoms with Crippen LogP contribution in [0.25, 0.3) is 20.2 Å². The zero-order valence-corrected chi connectivity index (χ0v) is 15.5. The highest BCUT2D eigenvalue weighted by Crippen LogP contribution is 2.35. The second-order valence-corrected chi connectivity index (χ2v) is 7.31. The van der Waals surface area contributed by atoms with Gasteiger partial charge in [-0.1, -0.05) is 24.3 Å². The van der Waals surface area contributed by atoms with Crippen LogP contribution in [-0.4, -0.2) is 48.7 Å². The molecule has 138 valence electrons. The molecule has 27 heavy (non-hydrogen) atoms. The van der Waals surface area contributed by atoms with Crippen molar-refractivity contribution in [2.75, 3.05) is 32.1 Å². The molecule has 6 nitrogen and oxygen atoms in total. The van der Waals surface area contributed by atoms with Gasteiger partial charge in [-0.15, -0.1) is 11.3 Å². The Bertz CT molecular complexity index is 1090. The van der Waals surface area contributed by atoms with Crippen molar-refractivity contribution >= 4 is 49.1 Å². The first kappa shape index (κ1) is 17.5. The number of aliphatic hydroxyl groups is 1. The van der Waals surface area contributed by atoms with E-state index in [9.17, 15) is 9.59 Å². The van der Waals surface area contributed by atoms with E-state index in [4.69, 9.17) is 9.84 Å². The van der Waals surface area contributed by atoms with Crippen molar-refractivity contribution in [3.05, 3.63) is 53.7 Å². The lowest BCUT2D eigenvalue weighted by Crippen LogP contribution is -2.31. The number of rotatable bonds is 5. The van der Waals surface area contributed by atoms with Crippen LogP contribution < -0.4 is 5.32 Å². The molecule has 4 rings (SSSR count). The van der Waals surface area contributed by atoms with Crippen LogP contribution in [0.5, 0.6) is 0 Å². The Morgan fingerprint density at radius 2 is 2.00 bits per heavy atom. The zero-order valence-electron chi connectivity index (χ0n) is 14.7. The molecular weight excluding hydrogens is 364 g/mol. The van der Waals surface area contributed by atoms with Crippen LogP contribution in [0.1, 0.15) is 0 Å². The van der Waals surface area contributed by atoms with Crippen LogP contribution in [0.4, 0.5) is 5.69 Å². The third-order valence-electron chi connectivity index (χ3n) is 4.60. The minimum atomic E-state index is -0.547.